The van der Waals surface area contributed by atoms with Crippen LogP contribution in [0.4, 0.5) is 0 Å². The molecular formula is C18H23NO3. The number of hydrogen-bond donors (Lipinski definition) is 1. The SMILES string of the molecule is CC1C(C(=O)O)CCN1C(=O)Cc1ccc2c(c1)CCCC2. The number of aliphatic carboxylic acids is 1. The van der Waals surface area contributed by atoms with Crippen LogP contribution in [-0.4, -0.2) is 34.5 Å². The molecule has 118 valence electrons. The number of carboxylic acid groups (broad SMARTS) is 1. The lowest BCUT2D eigenvalue weighted by molar-refractivity contribution is -0.143. The van der Waals surface area contributed by atoms with Gasteiger partial charge in [0.1, 0.15) is 0 Å². The number of carboxylic acids is 1. The van der Waals surface area contributed by atoms with E-state index in [4.69, 9.17) is 5.11 Å². The summed E-state index contributed by atoms with van der Waals surface area (Å²) < 4.78 is 0. The summed E-state index contributed by atoms with van der Waals surface area (Å²) in [6.45, 7) is 2.40. The van der Waals surface area contributed by atoms with Crippen LogP contribution in [0, 0.1) is 5.92 Å². The van der Waals surface area contributed by atoms with Crippen LogP contribution in [0.2, 0.25) is 0 Å². The Bertz CT molecular complexity index is 596. The molecule has 0 saturated carbocycles. The van der Waals surface area contributed by atoms with E-state index in [9.17, 15) is 9.59 Å². The van der Waals surface area contributed by atoms with E-state index in [0.717, 1.165) is 18.4 Å². The third-order valence-electron chi connectivity index (χ3n) is 5.16. The molecule has 1 aromatic rings. The molecule has 0 aromatic heterocycles. The van der Waals surface area contributed by atoms with Crippen LogP contribution in [0.25, 0.3) is 0 Å². The van der Waals surface area contributed by atoms with Crippen LogP contribution in [0.3, 0.4) is 0 Å². The Hall–Kier alpha value is -1.84. The maximum atomic E-state index is 12.5. The lowest BCUT2D eigenvalue weighted by Gasteiger charge is -2.24. The van der Waals surface area contributed by atoms with Crippen LogP contribution >= 0.6 is 0 Å². The Balaban J connectivity index is 1.68. The van der Waals surface area contributed by atoms with Gasteiger partial charge in [0.2, 0.25) is 5.91 Å². The predicted octanol–water partition coefficient (Wildman–Crippen LogP) is 2.43. The molecule has 22 heavy (non-hydrogen) atoms. The first-order chi connectivity index (χ1) is 10.6. The van der Waals surface area contributed by atoms with E-state index in [1.54, 1.807) is 4.90 Å². The lowest BCUT2D eigenvalue weighted by atomic mass is 9.90. The van der Waals surface area contributed by atoms with Gasteiger partial charge in [0.05, 0.1) is 12.3 Å². The number of carbonyl (C=O) groups is 2. The van der Waals surface area contributed by atoms with E-state index >= 15 is 0 Å². The molecular weight excluding hydrogens is 278 g/mol. The largest absolute Gasteiger partial charge is 0.481 e. The highest BCUT2D eigenvalue weighted by Gasteiger charge is 2.37. The van der Waals surface area contributed by atoms with Gasteiger partial charge in [0.15, 0.2) is 0 Å². The molecule has 4 heteroatoms. The van der Waals surface area contributed by atoms with Crippen LogP contribution in [0.15, 0.2) is 18.2 Å². The minimum Gasteiger partial charge on any atom is -0.481 e. The van der Waals surface area contributed by atoms with Gasteiger partial charge in [-0.2, -0.15) is 0 Å². The van der Waals surface area contributed by atoms with Crippen molar-refractivity contribution in [2.45, 2.75) is 51.5 Å². The van der Waals surface area contributed by atoms with E-state index in [0.29, 0.717) is 19.4 Å². The lowest BCUT2D eigenvalue weighted by Crippen LogP contribution is -2.38. The number of benzene rings is 1. The van der Waals surface area contributed by atoms with Gasteiger partial charge < -0.3 is 10.0 Å². The molecule has 0 spiro atoms. The monoisotopic (exact) mass is 301 g/mol. The predicted molar refractivity (Wildman–Crippen MR) is 83.7 cm³/mol. The summed E-state index contributed by atoms with van der Waals surface area (Å²) in [4.78, 5) is 25.4. The summed E-state index contributed by atoms with van der Waals surface area (Å²) >= 11 is 0. The summed E-state index contributed by atoms with van der Waals surface area (Å²) in [6, 6.07) is 6.17. The third-order valence-corrected chi connectivity index (χ3v) is 5.16. The average molecular weight is 301 g/mol. The number of aryl methyl sites for hydroxylation is 2. The number of amides is 1. The van der Waals surface area contributed by atoms with Crippen LogP contribution in [0.5, 0.6) is 0 Å². The van der Waals surface area contributed by atoms with Gasteiger partial charge in [-0.05, 0) is 55.7 Å². The number of hydrogen-bond acceptors (Lipinski definition) is 2. The van der Waals surface area contributed by atoms with E-state index in [1.165, 1.54) is 24.0 Å². The Morgan fingerprint density at radius 3 is 2.64 bits per heavy atom. The fraction of sp³-hybridized carbons (Fsp3) is 0.556. The van der Waals surface area contributed by atoms with Crippen molar-refractivity contribution >= 4 is 11.9 Å². The second-order valence-electron chi connectivity index (χ2n) is 6.55. The molecule has 1 amide bonds. The van der Waals surface area contributed by atoms with Gasteiger partial charge in [-0.25, -0.2) is 0 Å². The number of likely N-dealkylation sites (tertiary alicyclic amines) is 1. The zero-order valence-corrected chi connectivity index (χ0v) is 13.0. The highest BCUT2D eigenvalue weighted by molar-refractivity contribution is 5.81. The second-order valence-corrected chi connectivity index (χ2v) is 6.55. The first kappa shape index (κ1) is 15.1. The molecule has 2 atom stereocenters. The zero-order valence-electron chi connectivity index (χ0n) is 13.0. The van der Waals surface area contributed by atoms with Crippen molar-refractivity contribution < 1.29 is 14.7 Å². The van der Waals surface area contributed by atoms with Gasteiger partial charge in [0.25, 0.3) is 0 Å². The van der Waals surface area contributed by atoms with Crippen molar-refractivity contribution in [2.24, 2.45) is 5.92 Å². The summed E-state index contributed by atoms with van der Waals surface area (Å²) in [7, 11) is 0. The van der Waals surface area contributed by atoms with Gasteiger partial charge in [-0.15, -0.1) is 0 Å². The van der Waals surface area contributed by atoms with Crippen molar-refractivity contribution in [2.75, 3.05) is 6.54 Å². The molecule has 1 saturated heterocycles. The highest BCUT2D eigenvalue weighted by Crippen LogP contribution is 2.26. The number of carbonyl (C=O) groups excluding carboxylic acids is 1. The molecule has 0 radical (unpaired) electrons. The molecule has 1 fully saturated rings. The van der Waals surface area contributed by atoms with E-state index in [2.05, 4.69) is 18.2 Å². The highest BCUT2D eigenvalue weighted by atomic mass is 16.4. The summed E-state index contributed by atoms with van der Waals surface area (Å²) in [5.41, 5.74) is 3.86. The van der Waals surface area contributed by atoms with Gasteiger partial charge in [0, 0.05) is 12.6 Å². The van der Waals surface area contributed by atoms with Gasteiger partial charge >= 0.3 is 5.97 Å². The fourth-order valence-electron chi connectivity index (χ4n) is 3.79. The van der Waals surface area contributed by atoms with Crippen molar-refractivity contribution in [3.8, 4) is 0 Å². The number of rotatable bonds is 3. The first-order valence-corrected chi connectivity index (χ1v) is 8.19. The normalized spacial score (nSPS) is 24.1. The van der Waals surface area contributed by atoms with E-state index < -0.39 is 11.9 Å². The molecule has 4 nitrogen and oxygen atoms in total. The minimum absolute atomic E-state index is 0.0482. The van der Waals surface area contributed by atoms with E-state index in [-0.39, 0.29) is 11.9 Å². The molecule has 1 aliphatic carbocycles. The molecule has 1 aromatic carbocycles. The Morgan fingerprint density at radius 2 is 1.95 bits per heavy atom. The van der Waals surface area contributed by atoms with Gasteiger partial charge in [-0.3, -0.25) is 9.59 Å². The molecule has 2 unspecified atom stereocenters. The van der Waals surface area contributed by atoms with Crippen LogP contribution in [-0.2, 0) is 28.9 Å². The third kappa shape index (κ3) is 2.87. The number of nitrogens with zero attached hydrogens (tertiary/aromatic N) is 1. The molecule has 1 N–H and O–H groups in total. The zero-order chi connectivity index (χ0) is 15.7. The van der Waals surface area contributed by atoms with Crippen molar-refractivity contribution in [3.05, 3.63) is 34.9 Å². The fourth-order valence-corrected chi connectivity index (χ4v) is 3.79. The minimum atomic E-state index is -0.795. The standard InChI is InChI=1S/C18H23NO3/c1-12-16(18(21)22)8-9-19(12)17(20)11-13-6-7-14-4-2-3-5-15(14)10-13/h6-7,10,12,16H,2-5,8-9,11H2,1H3,(H,21,22). The quantitative estimate of drug-likeness (QED) is 0.933. The molecule has 2 aliphatic rings. The first-order valence-electron chi connectivity index (χ1n) is 8.19. The van der Waals surface area contributed by atoms with Crippen LogP contribution < -0.4 is 0 Å². The van der Waals surface area contributed by atoms with Crippen molar-refractivity contribution in [1.29, 1.82) is 0 Å². The van der Waals surface area contributed by atoms with Gasteiger partial charge in [-0.1, -0.05) is 18.2 Å². The summed E-state index contributed by atoms with van der Waals surface area (Å²) in [6.07, 6.45) is 5.68. The Morgan fingerprint density at radius 1 is 1.23 bits per heavy atom. The average Bonchev–Trinajstić information content (AvgIpc) is 2.89. The summed E-state index contributed by atoms with van der Waals surface area (Å²) in [5, 5.41) is 9.17. The number of fused-ring (bicyclic) bond motifs is 1. The molecule has 3 rings (SSSR count). The maximum absolute atomic E-state index is 12.5. The van der Waals surface area contributed by atoms with Crippen molar-refractivity contribution in [3.63, 3.8) is 0 Å². The van der Waals surface area contributed by atoms with Crippen molar-refractivity contribution in [1.82, 2.24) is 4.90 Å². The molecule has 1 aliphatic heterocycles. The maximum Gasteiger partial charge on any atom is 0.308 e. The molecule has 1 heterocycles. The van der Waals surface area contributed by atoms with E-state index in [1.807, 2.05) is 6.92 Å². The summed E-state index contributed by atoms with van der Waals surface area (Å²) in [5.74, 6) is -1.17. The van der Waals surface area contributed by atoms with Crippen LogP contribution in [0.1, 0.15) is 42.9 Å². The second kappa shape index (κ2) is 6.11. The molecule has 0 bridgehead atoms. The Labute approximate surface area is 131 Å². The smallest absolute Gasteiger partial charge is 0.308 e. The Kier molecular flexibility index (Phi) is 4.19. The topological polar surface area (TPSA) is 57.6 Å².